The molecule has 2 rings (SSSR count). The average molecular weight is 312 g/mol. The number of carbonyl (C=O) groups is 1. The zero-order valence-electron chi connectivity index (χ0n) is 9.11. The quantitative estimate of drug-likeness (QED) is 0.875. The van der Waals surface area contributed by atoms with Crippen molar-refractivity contribution in [1.82, 2.24) is 4.98 Å². The predicted octanol–water partition coefficient (Wildman–Crippen LogP) is 3.87. The normalized spacial score (nSPS) is 10.5. The Kier molecular flexibility index (Phi) is 3.59. The van der Waals surface area contributed by atoms with Crippen LogP contribution in [-0.4, -0.2) is 15.9 Å². The maximum absolute atomic E-state index is 11.6. The largest absolute Gasteiger partial charge is 0.492 e. The second-order valence-electron chi connectivity index (χ2n) is 3.43. The van der Waals surface area contributed by atoms with Gasteiger partial charge in [0.15, 0.2) is 5.78 Å². The summed E-state index contributed by atoms with van der Waals surface area (Å²) in [5.41, 5.74) is 0.878. The van der Waals surface area contributed by atoms with Crippen molar-refractivity contribution < 1.29 is 9.90 Å². The van der Waals surface area contributed by atoms with Gasteiger partial charge in [0, 0.05) is 16.5 Å². The highest BCUT2D eigenvalue weighted by molar-refractivity contribution is 9.10. The number of ketones is 1. The molecule has 2 aromatic rings. The summed E-state index contributed by atoms with van der Waals surface area (Å²) in [6.07, 6.45) is 0.366. The van der Waals surface area contributed by atoms with Gasteiger partial charge in [-0.05, 0) is 6.07 Å². The second-order valence-corrected chi connectivity index (χ2v) is 5.28. The summed E-state index contributed by atoms with van der Waals surface area (Å²) in [4.78, 5) is 15.9. The minimum absolute atomic E-state index is 0.0849. The van der Waals surface area contributed by atoms with Crippen molar-refractivity contribution in [2.45, 2.75) is 13.3 Å². The minimum Gasteiger partial charge on any atom is -0.492 e. The molecule has 0 saturated carbocycles. The van der Waals surface area contributed by atoms with E-state index in [9.17, 15) is 9.90 Å². The molecule has 0 radical (unpaired) electrons. The fraction of sp³-hybridized carbons (Fsp3) is 0.167. The monoisotopic (exact) mass is 311 g/mol. The Morgan fingerprint density at radius 3 is 2.82 bits per heavy atom. The Balaban J connectivity index is 2.49. The number of hydrogen-bond acceptors (Lipinski definition) is 4. The molecular formula is C12H10BrNO2S. The molecule has 88 valence electrons. The average Bonchev–Trinajstić information content (AvgIpc) is 2.71. The Morgan fingerprint density at radius 1 is 1.47 bits per heavy atom. The molecule has 5 heteroatoms. The lowest BCUT2D eigenvalue weighted by atomic mass is 10.2. The Labute approximate surface area is 111 Å². The number of nitrogens with zero attached hydrogens (tertiary/aromatic N) is 1. The SMILES string of the molecule is CCC(=O)c1sc(-c2ccccc2Br)nc1O. The van der Waals surface area contributed by atoms with Gasteiger partial charge < -0.3 is 5.11 Å². The fourth-order valence-electron chi connectivity index (χ4n) is 1.40. The van der Waals surface area contributed by atoms with Crippen molar-refractivity contribution in [2.24, 2.45) is 0 Å². The number of benzene rings is 1. The van der Waals surface area contributed by atoms with E-state index >= 15 is 0 Å². The van der Waals surface area contributed by atoms with Crippen molar-refractivity contribution in [3.05, 3.63) is 33.6 Å². The van der Waals surface area contributed by atoms with Crippen LogP contribution in [0, 0.1) is 0 Å². The molecule has 0 aliphatic heterocycles. The number of Topliss-reactive ketones (excluding diaryl/α,β-unsaturated/α-hetero) is 1. The molecule has 1 heterocycles. The van der Waals surface area contributed by atoms with Gasteiger partial charge in [-0.3, -0.25) is 4.79 Å². The molecule has 0 saturated heterocycles. The molecule has 1 N–H and O–H groups in total. The number of carbonyl (C=O) groups excluding carboxylic acids is 1. The van der Waals surface area contributed by atoms with Crippen molar-refractivity contribution >= 4 is 33.0 Å². The van der Waals surface area contributed by atoms with Gasteiger partial charge in [-0.15, -0.1) is 11.3 Å². The number of rotatable bonds is 3. The van der Waals surface area contributed by atoms with E-state index in [1.165, 1.54) is 11.3 Å². The molecule has 1 aromatic heterocycles. The molecule has 1 aromatic carbocycles. The van der Waals surface area contributed by atoms with E-state index in [0.717, 1.165) is 10.0 Å². The topological polar surface area (TPSA) is 50.2 Å². The number of thiazole rings is 1. The minimum atomic E-state index is -0.174. The van der Waals surface area contributed by atoms with Gasteiger partial charge in [-0.1, -0.05) is 41.1 Å². The molecule has 0 aliphatic carbocycles. The summed E-state index contributed by atoms with van der Waals surface area (Å²) in [5, 5.41) is 10.3. The van der Waals surface area contributed by atoms with Crippen LogP contribution in [0.4, 0.5) is 0 Å². The van der Waals surface area contributed by atoms with Crippen LogP contribution < -0.4 is 0 Å². The second kappa shape index (κ2) is 4.98. The molecule has 17 heavy (non-hydrogen) atoms. The van der Waals surface area contributed by atoms with Crippen LogP contribution in [0.25, 0.3) is 10.6 Å². The number of hydrogen-bond donors (Lipinski definition) is 1. The molecule has 0 aliphatic rings. The number of aromatic nitrogens is 1. The van der Waals surface area contributed by atoms with Gasteiger partial charge in [-0.25, -0.2) is 4.98 Å². The maximum atomic E-state index is 11.6. The van der Waals surface area contributed by atoms with Gasteiger partial charge in [0.1, 0.15) is 9.88 Å². The first-order chi connectivity index (χ1) is 8.13. The van der Waals surface area contributed by atoms with E-state index in [1.54, 1.807) is 6.92 Å². The lowest BCUT2D eigenvalue weighted by Crippen LogP contribution is -1.92. The Morgan fingerprint density at radius 2 is 2.18 bits per heavy atom. The highest BCUT2D eigenvalue weighted by Gasteiger charge is 2.17. The molecule has 0 amide bonds. The maximum Gasteiger partial charge on any atom is 0.233 e. The van der Waals surface area contributed by atoms with Crippen LogP contribution >= 0.6 is 27.3 Å². The summed E-state index contributed by atoms with van der Waals surface area (Å²) in [6, 6.07) is 7.58. The van der Waals surface area contributed by atoms with Gasteiger partial charge in [0.2, 0.25) is 5.88 Å². The molecule has 0 atom stereocenters. The van der Waals surface area contributed by atoms with E-state index < -0.39 is 0 Å². The van der Waals surface area contributed by atoms with Gasteiger partial charge in [0.25, 0.3) is 0 Å². The van der Waals surface area contributed by atoms with Crippen molar-refractivity contribution in [1.29, 1.82) is 0 Å². The zero-order valence-corrected chi connectivity index (χ0v) is 11.5. The van der Waals surface area contributed by atoms with Crippen molar-refractivity contribution in [3.8, 4) is 16.5 Å². The van der Waals surface area contributed by atoms with Gasteiger partial charge >= 0.3 is 0 Å². The molecule has 3 nitrogen and oxygen atoms in total. The molecule has 0 spiro atoms. The third-order valence-electron chi connectivity index (χ3n) is 2.29. The fourth-order valence-corrected chi connectivity index (χ4v) is 3.02. The lowest BCUT2D eigenvalue weighted by molar-refractivity contribution is 0.0989. The Hall–Kier alpha value is -1.20. The van der Waals surface area contributed by atoms with E-state index in [1.807, 2.05) is 24.3 Å². The first-order valence-electron chi connectivity index (χ1n) is 5.11. The third kappa shape index (κ3) is 2.40. The molecule has 0 fully saturated rings. The third-order valence-corrected chi connectivity index (χ3v) is 4.10. The summed E-state index contributed by atoms with van der Waals surface area (Å²) in [6.45, 7) is 1.76. The van der Waals surface area contributed by atoms with Crippen LogP contribution in [0.5, 0.6) is 5.88 Å². The molecule has 0 unspecified atom stereocenters. The lowest BCUT2D eigenvalue weighted by Gasteiger charge is -1.97. The van der Waals surface area contributed by atoms with E-state index in [-0.39, 0.29) is 11.7 Å². The Bertz CT molecular complexity index is 565. The smallest absolute Gasteiger partial charge is 0.233 e. The highest BCUT2D eigenvalue weighted by Crippen LogP contribution is 2.35. The highest BCUT2D eigenvalue weighted by atomic mass is 79.9. The van der Waals surface area contributed by atoms with Crippen LogP contribution in [0.1, 0.15) is 23.0 Å². The van der Waals surface area contributed by atoms with Crippen LogP contribution in [0.2, 0.25) is 0 Å². The van der Waals surface area contributed by atoms with Crippen molar-refractivity contribution in [3.63, 3.8) is 0 Å². The molecular weight excluding hydrogens is 302 g/mol. The van der Waals surface area contributed by atoms with Crippen LogP contribution in [0.15, 0.2) is 28.7 Å². The van der Waals surface area contributed by atoms with Crippen LogP contribution in [0.3, 0.4) is 0 Å². The first-order valence-corrected chi connectivity index (χ1v) is 6.72. The summed E-state index contributed by atoms with van der Waals surface area (Å²) in [5.74, 6) is -0.258. The van der Waals surface area contributed by atoms with Crippen molar-refractivity contribution in [2.75, 3.05) is 0 Å². The summed E-state index contributed by atoms with van der Waals surface area (Å²) in [7, 11) is 0. The van der Waals surface area contributed by atoms with E-state index in [4.69, 9.17) is 0 Å². The molecule has 0 bridgehead atoms. The zero-order chi connectivity index (χ0) is 12.4. The standard InChI is InChI=1S/C12H10BrNO2S/c1-2-9(15)10-11(16)14-12(17-10)7-5-3-4-6-8(7)13/h3-6,16H,2H2,1H3. The van der Waals surface area contributed by atoms with Gasteiger partial charge in [-0.2, -0.15) is 0 Å². The van der Waals surface area contributed by atoms with Crippen LogP contribution in [-0.2, 0) is 0 Å². The first kappa shape index (κ1) is 12.3. The number of halogens is 1. The summed E-state index contributed by atoms with van der Waals surface area (Å²) < 4.78 is 0.893. The predicted molar refractivity (Wildman–Crippen MR) is 71.5 cm³/mol. The summed E-state index contributed by atoms with van der Waals surface area (Å²) >= 11 is 4.64. The van der Waals surface area contributed by atoms with E-state index in [2.05, 4.69) is 20.9 Å². The van der Waals surface area contributed by atoms with E-state index in [0.29, 0.717) is 16.3 Å². The number of aromatic hydroxyl groups is 1. The van der Waals surface area contributed by atoms with Gasteiger partial charge in [0.05, 0.1) is 0 Å².